The minimum atomic E-state index is -2.38. The maximum Gasteiger partial charge on any atom is 0.153 e. The van der Waals surface area contributed by atoms with Crippen molar-refractivity contribution in [1.29, 1.82) is 0 Å². The van der Waals surface area contributed by atoms with E-state index in [0.29, 0.717) is 13.0 Å². The van der Waals surface area contributed by atoms with Crippen LogP contribution >= 0.6 is 0 Å². The van der Waals surface area contributed by atoms with Gasteiger partial charge in [0.05, 0.1) is 5.88 Å². The summed E-state index contributed by atoms with van der Waals surface area (Å²) in [7, 11) is -2.38. The molecule has 1 atom stereocenters. The highest BCUT2D eigenvalue weighted by molar-refractivity contribution is 7.72. The Kier molecular flexibility index (Phi) is 3.26. The summed E-state index contributed by atoms with van der Waals surface area (Å²) in [4.78, 5) is 1.64. The lowest BCUT2D eigenvalue weighted by Crippen LogP contribution is -2.37. The van der Waals surface area contributed by atoms with E-state index in [-0.39, 0.29) is 12.4 Å². The molecule has 3 nitrogen and oxygen atoms in total. The third-order valence-corrected chi connectivity index (χ3v) is 2.39. The van der Waals surface area contributed by atoms with Crippen LogP contribution in [0.2, 0.25) is 0 Å². The Morgan fingerprint density at radius 1 is 1.55 bits per heavy atom. The molecule has 0 aromatic heterocycles. The van der Waals surface area contributed by atoms with E-state index in [1.165, 1.54) is 0 Å². The van der Waals surface area contributed by atoms with Gasteiger partial charge in [0, 0.05) is 6.54 Å². The number of halogens is 1. The minimum Gasteiger partial charge on any atom is -0.287 e. The van der Waals surface area contributed by atoms with Crippen molar-refractivity contribution in [2.24, 2.45) is 0 Å². The Bertz CT molecular complexity index is 187. The molecule has 0 radical (unpaired) electrons. The van der Waals surface area contributed by atoms with Crippen molar-refractivity contribution in [1.82, 2.24) is 4.90 Å². The highest BCUT2D eigenvalue weighted by atomic mass is 32.2. The third-order valence-electron chi connectivity index (χ3n) is 1.76. The highest BCUT2D eigenvalue weighted by Gasteiger charge is 2.18. The van der Waals surface area contributed by atoms with Crippen molar-refractivity contribution in [3.63, 3.8) is 0 Å². The van der Waals surface area contributed by atoms with E-state index in [2.05, 4.69) is 0 Å². The van der Waals surface area contributed by atoms with Crippen LogP contribution in [0, 0.1) is 0 Å². The van der Waals surface area contributed by atoms with Gasteiger partial charge in [0.25, 0.3) is 0 Å². The third kappa shape index (κ3) is 3.16. The summed E-state index contributed by atoms with van der Waals surface area (Å²) in [6.07, 6.45) is 0.509. The topological polar surface area (TPSA) is 37.4 Å². The number of thiol groups is 1. The fourth-order valence-corrected chi connectivity index (χ4v) is 1.87. The lowest BCUT2D eigenvalue weighted by atomic mass is 10.1. The zero-order chi connectivity index (χ0) is 8.27. The van der Waals surface area contributed by atoms with Crippen molar-refractivity contribution in [2.75, 3.05) is 19.0 Å². The van der Waals surface area contributed by atoms with Crippen LogP contribution in [0.5, 0.6) is 0 Å². The van der Waals surface area contributed by atoms with E-state index in [1.807, 2.05) is 0 Å². The molecule has 0 saturated carbocycles. The Balaban J connectivity index is 2.34. The molecule has 1 heterocycles. The van der Waals surface area contributed by atoms with Crippen LogP contribution < -0.4 is 0 Å². The molecule has 0 amide bonds. The predicted octanol–water partition coefficient (Wildman–Crippen LogP) is -0.0108. The van der Waals surface area contributed by atoms with Gasteiger partial charge in [-0.15, -0.1) is 0 Å². The van der Waals surface area contributed by atoms with E-state index in [4.69, 9.17) is 0 Å². The van der Waals surface area contributed by atoms with Crippen molar-refractivity contribution < 1.29 is 12.8 Å². The predicted molar refractivity (Wildman–Crippen MR) is 40.9 cm³/mol. The lowest BCUT2D eigenvalue weighted by Gasteiger charge is -2.26. The van der Waals surface area contributed by atoms with E-state index < -0.39 is 16.9 Å². The standard InChI is InChI=1S/C6H12FNO2S/c7-6-2-1-3-8(4-6)5-11(9)10/h6,11H,1-5H2. The summed E-state index contributed by atoms with van der Waals surface area (Å²) in [5.41, 5.74) is 0. The molecular weight excluding hydrogens is 169 g/mol. The first-order valence-corrected chi connectivity index (χ1v) is 5.03. The van der Waals surface area contributed by atoms with Crippen LogP contribution in [0.15, 0.2) is 0 Å². The molecule has 1 aliphatic heterocycles. The first-order chi connectivity index (χ1) is 5.18. The highest BCUT2D eigenvalue weighted by Crippen LogP contribution is 2.11. The summed E-state index contributed by atoms with van der Waals surface area (Å²) < 4.78 is 33.1. The number of likely N-dealkylation sites (tertiary alicyclic amines) is 1. The van der Waals surface area contributed by atoms with Crippen molar-refractivity contribution in [3.8, 4) is 0 Å². The van der Waals surface area contributed by atoms with Gasteiger partial charge in [-0.3, -0.25) is 4.90 Å². The van der Waals surface area contributed by atoms with Gasteiger partial charge in [0.15, 0.2) is 10.7 Å². The quantitative estimate of drug-likeness (QED) is 0.609. The number of alkyl halides is 1. The molecule has 0 bridgehead atoms. The Labute approximate surface area is 67.1 Å². The van der Waals surface area contributed by atoms with E-state index in [0.717, 1.165) is 6.42 Å². The second-order valence-electron chi connectivity index (χ2n) is 2.79. The fraction of sp³-hybridized carbons (Fsp3) is 1.00. The van der Waals surface area contributed by atoms with Crippen molar-refractivity contribution in [3.05, 3.63) is 0 Å². The van der Waals surface area contributed by atoms with Gasteiger partial charge in [-0.25, -0.2) is 12.8 Å². The van der Waals surface area contributed by atoms with Gasteiger partial charge in [0.1, 0.15) is 6.17 Å². The molecule has 1 saturated heterocycles. The molecule has 1 fully saturated rings. The monoisotopic (exact) mass is 181 g/mol. The van der Waals surface area contributed by atoms with Crippen molar-refractivity contribution >= 4 is 10.7 Å². The summed E-state index contributed by atoms with van der Waals surface area (Å²) in [6, 6.07) is 0. The van der Waals surface area contributed by atoms with Crippen LogP contribution in [0.3, 0.4) is 0 Å². The van der Waals surface area contributed by atoms with Gasteiger partial charge in [-0.05, 0) is 19.4 Å². The maximum atomic E-state index is 12.6. The van der Waals surface area contributed by atoms with Crippen LogP contribution in [-0.2, 0) is 10.7 Å². The van der Waals surface area contributed by atoms with Crippen LogP contribution in [0.4, 0.5) is 4.39 Å². The second-order valence-corrected chi connectivity index (χ2v) is 3.74. The summed E-state index contributed by atoms with van der Waals surface area (Å²) in [5.74, 6) is 0.00968. The molecule has 0 aromatic rings. The number of nitrogens with zero attached hydrogens (tertiary/aromatic N) is 1. The van der Waals surface area contributed by atoms with E-state index >= 15 is 0 Å². The van der Waals surface area contributed by atoms with E-state index in [9.17, 15) is 12.8 Å². The average molecular weight is 181 g/mol. The van der Waals surface area contributed by atoms with Gasteiger partial charge in [0.2, 0.25) is 0 Å². The Morgan fingerprint density at radius 2 is 2.27 bits per heavy atom. The minimum absolute atomic E-state index is 0.00968. The second kappa shape index (κ2) is 4.01. The molecule has 0 N–H and O–H groups in total. The summed E-state index contributed by atoms with van der Waals surface area (Å²) in [5, 5.41) is 0. The molecule has 5 heteroatoms. The zero-order valence-electron chi connectivity index (χ0n) is 6.20. The Hall–Kier alpha value is -0.160. The van der Waals surface area contributed by atoms with Gasteiger partial charge in [-0.2, -0.15) is 0 Å². The van der Waals surface area contributed by atoms with Crippen LogP contribution in [0.1, 0.15) is 12.8 Å². The van der Waals surface area contributed by atoms with E-state index in [1.54, 1.807) is 4.90 Å². The molecule has 1 unspecified atom stereocenters. The summed E-state index contributed by atoms with van der Waals surface area (Å²) >= 11 is 0. The molecule has 11 heavy (non-hydrogen) atoms. The molecule has 0 aromatic carbocycles. The number of piperidine rings is 1. The molecule has 1 aliphatic rings. The van der Waals surface area contributed by atoms with Crippen LogP contribution in [-0.4, -0.2) is 38.5 Å². The maximum absolute atomic E-state index is 12.6. The first-order valence-electron chi connectivity index (χ1n) is 3.66. The summed E-state index contributed by atoms with van der Waals surface area (Å²) in [6.45, 7) is 0.993. The molecule has 0 aliphatic carbocycles. The number of rotatable bonds is 2. The average Bonchev–Trinajstić information content (AvgIpc) is 1.85. The SMILES string of the molecule is O=[SH](=O)CN1CCCC(F)C1. The normalized spacial score (nSPS) is 27.6. The zero-order valence-corrected chi connectivity index (χ0v) is 7.10. The first kappa shape index (κ1) is 8.93. The van der Waals surface area contributed by atoms with Gasteiger partial charge < -0.3 is 0 Å². The van der Waals surface area contributed by atoms with Gasteiger partial charge in [-0.1, -0.05) is 0 Å². The largest absolute Gasteiger partial charge is 0.287 e. The smallest absolute Gasteiger partial charge is 0.153 e. The Morgan fingerprint density at radius 3 is 2.82 bits per heavy atom. The van der Waals surface area contributed by atoms with Crippen LogP contribution in [0.25, 0.3) is 0 Å². The molecule has 1 rings (SSSR count). The molecular formula is C6H12FNO2S. The molecule has 66 valence electrons. The number of hydrogen-bond donors (Lipinski definition) is 1. The molecule has 0 spiro atoms. The van der Waals surface area contributed by atoms with Gasteiger partial charge >= 0.3 is 0 Å². The van der Waals surface area contributed by atoms with Crippen molar-refractivity contribution in [2.45, 2.75) is 19.0 Å². The number of hydrogen-bond acceptors (Lipinski definition) is 3. The fourth-order valence-electron chi connectivity index (χ4n) is 1.29. The lowest BCUT2D eigenvalue weighted by molar-refractivity contribution is 0.156.